The Morgan fingerprint density at radius 2 is 1.95 bits per heavy atom. The number of rotatable bonds is 4. The van der Waals surface area contributed by atoms with Crippen LogP contribution < -0.4 is 14.8 Å². The van der Waals surface area contributed by atoms with E-state index in [1.165, 1.54) is 6.26 Å². The van der Waals surface area contributed by atoms with Gasteiger partial charge in [-0.2, -0.15) is 0 Å². The van der Waals surface area contributed by atoms with Crippen LogP contribution in [0.2, 0.25) is 0 Å². The van der Waals surface area contributed by atoms with Crippen molar-refractivity contribution in [2.45, 2.75) is 19.3 Å². The Kier molecular flexibility index (Phi) is 3.79. The second-order valence-electron chi connectivity index (χ2n) is 5.90. The third-order valence-electron chi connectivity index (χ3n) is 3.76. The first-order chi connectivity index (χ1) is 10.6. The highest BCUT2D eigenvalue weighted by atomic mass is 16.6. The van der Waals surface area contributed by atoms with Crippen molar-refractivity contribution in [2.24, 2.45) is 0 Å². The van der Waals surface area contributed by atoms with Crippen LogP contribution in [-0.2, 0) is 5.41 Å². The number of carbonyl (C=O) groups excluding carboxylic acids is 1. The van der Waals surface area contributed by atoms with Crippen molar-refractivity contribution >= 4 is 5.91 Å². The van der Waals surface area contributed by atoms with E-state index in [1.807, 2.05) is 18.2 Å². The Morgan fingerprint density at radius 3 is 2.68 bits per heavy atom. The summed E-state index contributed by atoms with van der Waals surface area (Å²) in [4.78, 5) is 12.0. The second kappa shape index (κ2) is 5.75. The Balaban J connectivity index is 1.71. The molecule has 1 aliphatic rings. The van der Waals surface area contributed by atoms with Gasteiger partial charge >= 0.3 is 0 Å². The maximum Gasteiger partial charge on any atom is 0.287 e. The molecule has 0 fully saturated rings. The zero-order valence-electron chi connectivity index (χ0n) is 12.7. The third kappa shape index (κ3) is 2.93. The third-order valence-corrected chi connectivity index (χ3v) is 3.76. The van der Waals surface area contributed by atoms with Gasteiger partial charge in [-0.15, -0.1) is 0 Å². The molecular formula is C17H19NO4. The van der Waals surface area contributed by atoms with Gasteiger partial charge in [-0.1, -0.05) is 19.9 Å². The first-order valence-electron chi connectivity index (χ1n) is 7.28. The largest absolute Gasteiger partial charge is 0.486 e. The average molecular weight is 301 g/mol. The van der Waals surface area contributed by atoms with E-state index in [4.69, 9.17) is 13.9 Å². The molecule has 0 radical (unpaired) electrons. The normalized spacial score (nSPS) is 13.7. The Morgan fingerprint density at radius 1 is 1.18 bits per heavy atom. The molecule has 0 saturated carbocycles. The van der Waals surface area contributed by atoms with Gasteiger partial charge < -0.3 is 19.2 Å². The fourth-order valence-corrected chi connectivity index (χ4v) is 2.36. The number of nitrogens with one attached hydrogen (secondary N) is 1. The van der Waals surface area contributed by atoms with E-state index in [-0.39, 0.29) is 11.3 Å². The smallest absolute Gasteiger partial charge is 0.287 e. The number of benzene rings is 1. The molecule has 0 saturated heterocycles. The van der Waals surface area contributed by atoms with Gasteiger partial charge in [-0.3, -0.25) is 4.79 Å². The van der Waals surface area contributed by atoms with Gasteiger partial charge in [0.25, 0.3) is 5.91 Å². The van der Waals surface area contributed by atoms with Crippen molar-refractivity contribution in [1.82, 2.24) is 5.32 Å². The van der Waals surface area contributed by atoms with Crippen LogP contribution in [0.1, 0.15) is 30.0 Å². The van der Waals surface area contributed by atoms with E-state index in [0.717, 1.165) is 17.1 Å². The van der Waals surface area contributed by atoms with Crippen molar-refractivity contribution < 1.29 is 18.7 Å². The van der Waals surface area contributed by atoms with Gasteiger partial charge in [0.15, 0.2) is 17.3 Å². The van der Waals surface area contributed by atoms with Crippen LogP contribution in [0.3, 0.4) is 0 Å². The van der Waals surface area contributed by atoms with Crippen LogP contribution in [0.5, 0.6) is 11.5 Å². The molecular weight excluding hydrogens is 282 g/mol. The van der Waals surface area contributed by atoms with Gasteiger partial charge in [0.05, 0.1) is 6.26 Å². The Bertz CT molecular complexity index is 661. The molecule has 1 N–H and O–H groups in total. The molecule has 0 aliphatic carbocycles. The van der Waals surface area contributed by atoms with Crippen molar-refractivity contribution in [1.29, 1.82) is 0 Å². The first kappa shape index (κ1) is 14.5. The maximum atomic E-state index is 12.0. The summed E-state index contributed by atoms with van der Waals surface area (Å²) in [6, 6.07) is 9.24. The first-order valence-corrected chi connectivity index (χ1v) is 7.28. The molecule has 3 rings (SSSR count). The van der Waals surface area contributed by atoms with Crippen molar-refractivity contribution in [3.05, 3.63) is 47.9 Å². The Labute approximate surface area is 129 Å². The fraction of sp³-hybridized carbons (Fsp3) is 0.353. The fourth-order valence-electron chi connectivity index (χ4n) is 2.36. The summed E-state index contributed by atoms with van der Waals surface area (Å²) < 4.78 is 16.2. The predicted octanol–water partition coefficient (Wildman–Crippen LogP) is 2.76. The van der Waals surface area contributed by atoms with Gasteiger partial charge in [0.1, 0.15) is 13.2 Å². The molecule has 2 heterocycles. The predicted molar refractivity (Wildman–Crippen MR) is 81.5 cm³/mol. The molecule has 0 spiro atoms. The minimum Gasteiger partial charge on any atom is -0.486 e. The lowest BCUT2D eigenvalue weighted by atomic mass is 9.84. The lowest BCUT2D eigenvalue weighted by Gasteiger charge is -2.27. The lowest BCUT2D eigenvalue weighted by Crippen LogP contribution is -2.36. The van der Waals surface area contributed by atoms with E-state index < -0.39 is 0 Å². The van der Waals surface area contributed by atoms with Gasteiger partial charge in [0, 0.05) is 12.0 Å². The van der Waals surface area contributed by atoms with E-state index in [1.54, 1.807) is 12.1 Å². The van der Waals surface area contributed by atoms with Crippen LogP contribution in [0, 0.1) is 0 Å². The topological polar surface area (TPSA) is 60.7 Å². The number of fused-ring (bicyclic) bond motifs is 1. The second-order valence-corrected chi connectivity index (χ2v) is 5.90. The summed E-state index contributed by atoms with van der Waals surface area (Å²) in [6.07, 6.45) is 1.49. The number of furan rings is 1. The number of amides is 1. The van der Waals surface area contributed by atoms with E-state index in [2.05, 4.69) is 19.2 Å². The quantitative estimate of drug-likeness (QED) is 0.943. The molecule has 1 amide bonds. The molecule has 1 aromatic carbocycles. The number of hydrogen-bond donors (Lipinski definition) is 1. The van der Waals surface area contributed by atoms with E-state index in [0.29, 0.717) is 25.5 Å². The highest BCUT2D eigenvalue weighted by molar-refractivity contribution is 5.91. The zero-order chi connectivity index (χ0) is 15.6. The molecule has 0 unspecified atom stereocenters. The van der Waals surface area contributed by atoms with Crippen LogP contribution in [0.4, 0.5) is 0 Å². The van der Waals surface area contributed by atoms with Gasteiger partial charge in [0.2, 0.25) is 0 Å². The summed E-state index contributed by atoms with van der Waals surface area (Å²) in [6.45, 7) is 5.77. The molecule has 5 nitrogen and oxygen atoms in total. The molecule has 0 bridgehead atoms. The monoisotopic (exact) mass is 301 g/mol. The number of carbonyl (C=O) groups is 1. The summed E-state index contributed by atoms with van der Waals surface area (Å²) in [5, 5.41) is 2.90. The van der Waals surface area contributed by atoms with Gasteiger partial charge in [-0.05, 0) is 29.8 Å². The highest BCUT2D eigenvalue weighted by Gasteiger charge is 2.24. The molecule has 116 valence electrons. The summed E-state index contributed by atoms with van der Waals surface area (Å²) >= 11 is 0. The van der Waals surface area contributed by atoms with Crippen molar-refractivity contribution in [3.63, 3.8) is 0 Å². The van der Waals surface area contributed by atoms with E-state index in [9.17, 15) is 4.79 Å². The Hall–Kier alpha value is -2.43. The molecule has 22 heavy (non-hydrogen) atoms. The summed E-state index contributed by atoms with van der Waals surface area (Å²) in [5.74, 6) is 1.63. The SMILES string of the molecule is CC(C)(CNC(=O)c1ccco1)c1ccc2c(c1)OCCO2. The van der Waals surface area contributed by atoms with Crippen LogP contribution >= 0.6 is 0 Å². The number of hydrogen-bond acceptors (Lipinski definition) is 4. The minimum atomic E-state index is -0.238. The van der Waals surface area contributed by atoms with Crippen molar-refractivity contribution in [3.8, 4) is 11.5 Å². The number of ether oxygens (including phenoxy) is 2. The van der Waals surface area contributed by atoms with Crippen molar-refractivity contribution in [2.75, 3.05) is 19.8 Å². The highest BCUT2D eigenvalue weighted by Crippen LogP contribution is 2.34. The summed E-state index contributed by atoms with van der Waals surface area (Å²) in [5.41, 5.74) is 0.842. The standard InChI is InChI=1S/C17H19NO4/c1-17(2,11-18-16(19)14-4-3-7-20-14)12-5-6-13-15(10-12)22-9-8-21-13/h3-7,10H,8-9,11H2,1-2H3,(H,18,19). The van der Waals surface area contributed by atoms with Crippen LogP contribution in [0.15, 0.2) is 41.0 Å². The average Bonchev–Trinajstić information content (AvgIpc) is 3.07. The molecule has 1 aliphatic heterocycles. The van der Waals surface area contributed by atoms with Gasteiger partial charge in [-0.25, -0.2) is 0 Å². The zero-order valence-corrected chi connectivity index (χ0v) is 12.7. The minimum absolute atomic E-state index is 0.212. The van der Waals surface area contributed by atoms with E-state index >= 15 is 0 Å². The molecule has 1 aromatic heterocycles. The summed E-state index contributed by atoms with van der Waals surface area (Å²) in [7, 11) is 0. The molecule has 0 atom stereocenters. The van der Waals surface area contributed by atoms with Crippen LogP contribution in [0.25, 0.3) is 0 Å². The maximum absolute atomic E-state index is 12.0. The lowest BCUT2D eigenvalue weighted by molar-refractivity contribution is 0.0918. The van der Waals surface area contributed by atoms with Crippen LogP contribution in [-0.4, -0.2) is 25.7 Å². The molecule has 2 aromatic rings. The molecule has 5 heteroatoms.